The zero-order valence-electron chi connectivity index (χ0n) is 15.9. The molecule has 1 aromatic heterocycles. The summed E-state index contributed by atoms with van der Waals surface area (Å²) in [5.74, 6) is 0.747. The first-order valence-corrected chi connectivity index (χ1v) is 11.0. The van der Waals surface area contributed by atoms with Crippen LogP contribution in [-0.2, 0) is 10.5 Å². The van der Waals surface area contributed by atoms with Crippen LogP contribution in [0.15, 0.2) is 52.9 Å². The Kier molecular flexibility index (Phi) is 7.06. The average Bonchev–Trinajstić information content (AvgIpc) is 3.12. The summed E-state index contributed by atoms with van der Waals surface area (Å²) in [6, 6.07) is 15.5. The maximum atomic E-state index is 12.1. The molecule has 146 valence electrons. The first-order chi connectivity index (χ1) is 13.5. The van der Waals surface area contributed by atoms with E-state index in [4.69, 9.17) is 0 Å². The van der Waals surface area contributed by atoms with Crippen molar-refractivity contribution in [3.8, 4) is 0 Å². The number of nitrogens with zero attached hydrogens (tertiary/aromatic N) is 1. The second-order valence-electron chi connectivity index (χ2n) is 6.87. The highest BCUT2D eigenvalue weighted by Gasteiger charge is 2.09. The van der Waals surface area contributed by atoms with Crippen LogP contribution < -0.4 is 10.9 Å². The van der Waals surface area contributed by atoms with Gasteiger partial charge in [0.25, 0.3) is 5.91 Å². The molecule has 0 saturated heterocycles. The second-order valence-corrected chi connectivity index (χ2v) is 9.12. The molecule has 0 fully saturated rings. The molecule has 0 saturated carbocycles. The van der Waals surface area contributed by atoms with Gasteiger partial charge in [0, 0.05) is 17.7 Å². The van der Waals surface area contributed by atoms with Crippen LogP contribution in [-0.4, -0.2) is 16.8 Å². The van der Waals surface area contributed by atoms with Crippen LogP contribution in [0.5, 0.6) is 0 Å². The average molecular weight is 414 g/mol. The number of hydrazine groups is 1. The van der Waals surface area contributed by atoms with Gasteiger partial charge >= 0.3 is 0 Å². The van der Waals surface area contributed by atoms with Crippen molar-refractivity contribution in [3.05, 3.63) is 59.7 Å². The third kappa shape index (κ3) is 5.81. The largest absolute Gasteiger partial charge is 0.273 e. The molecular formula is C21H23N3O2S2. The van der Waals surface area contributed by atoms with Crippen molar-refractivity contribution < 1.29 is 9.59 Å². The molecule has 1 heterocycles. The van der Waals surface area contributed by atoms with Crippen LogP contribution in [0, 0.1) is 5.92 Å². The molecule has 0 aliphatic rings. The van der Waals surface area contributed by atoms with Crippen molar-refractivity contribution >= 4 is 45.1 Å². The molecule has 0 spiro atoms. The molecule has 2 N–H and O–H groups in total. The second kappa shape index (κ2) is 9.71. The molecule has 3 rings (SSSR count). The van der Waals surface area contributed by atoms with Gasteiger partial charge < -0.3 is 0 Å². The summed E-state index contributed by atoms with van der Waals surface area (Å²) < 4.78 is 2.22. The Balaban J connectivity index is 1.48. The predicted molar refractivity (Wildman–Crippen MR) is 115 cm³/mol. The monoisotopic (exact) mass is 413 g/mol. The summed E-state index contributed by atoms with van der Waals surface area (Å²) in [7, 11) is 0. The van der Waals surface area contributed by atoms with Crippen LogP contribution in [0.3, 0.4) is 0 Å². The number of para-hydroxylation sites is 1. The summed E-state index contributed by atoms with van der Waals surface area (Å²) in [5, 5.41) is 0. The zero-order valence-corrected chi connectivity index (χ0v) is 17.5. The fraction of sp³-hybridized carbons (Fsp3) is 0.286. The lowest BCUT2D eigenvalue weighted by atomic mass is 10.1. The van der Waals surface area contributed by atoms with E-state index < -0.39 is 0 Å². The minimum absolute atomic E-state index is 0.175. The van der Waals surface area contributed by atoms with Gasteiger partial charge in [0.1, 0.15) is 0 Å². The van der Waals surface area contributed by atoms with E-state index in [0.717, 1.165) is 27.6 Å². The van der Waals surface area contributed by atoms with E-state index in [2.05, 4.69) is 35.7 Å². The highest BCUT2D eigenvalue weighted by Crippen LogP contribution is 2.31. The quantitative estimate of drug-likeness (QED) is 0.432. The summed E-state index contributed by atoms with van der Waals surface area (Å²) in [6.45, 7) is 4.12. The Morgan fingerprint density at radius 3 is 2.54 bits per heavy atom. The van der Waals surface area contributed by atoms with Crippen LogP contribution >= 0.6 is 23.1 Å². The third-order valence-electron chi connectivity index (χ3n) is 4.12. The summed E-state index contributed by atoms with van der Waals surface area (Å²) in [5.41, 5.74) is 7.57. The topological polar surface area (TPSA) is 71.1 Å². The molecule has 0 bridgehead atoms. The van der Waals surface area contributed by atoms with E-state index in [9.17, 15) is 9.59 Å². The molecule has 0 aliphatic carbocycles. The number of thiazole rings is 1. The summed E-state index contributed by atoms with van der Waals surface area (Å²) in [4.78, 5) is 28.4. The minimum Gasteiger partial charge on any atom is -0.273 e. The van der Waals surface area contributed by atoms with Gasteiger partial charge in [-0.15, -0.1) is 11.3 Å². The van der Waals surface area contributed by atoms with E-state index in [1.807, 2.05) is 30.3 Å². The zero-order chi connectivity index (χ0) is 19.9. The maximum Gasteiger partial charge on any atom is 0.269 e. The van der Waals surface area contributed by atoms with Gasteiger partial charge in [-0.05, 0) is 42.2 Å². The number of hydrogen-bond acceptors (Lipinski definition) is 5. The molecule has 3 aromatic rings. The van der Waals surface area contributed by atoms with Crippen molar-refractivity contribution in [2.45, 2.75) is 36.8 Å². The molecule has 28 heavy (non-hydrogen) atoms. The summed E-state index contributed by atoms with van der Waals surface area (Å²) >= 11 is 3.37. The Morgan fingerprint density at radius 1 is 1.07 bits per heavy atom. The molecule has 0 unspecified atom stereocenters. The number of carbonyl (C=O) groups excluding carboxylic acids is 2. The van der Waals surface area contributed by atoms with E-state index in [1.54, 1.807) is 35.2 Å². The highest BCUT2D eigenvalue weighted by atomic mass is 32.2. The number of benzene rings is 2. The number of fused-ring (bicyclic) bond motifs is 1. The van der Waals surface area contributed by atoms with Crippen molar-refractivity contribution in [2.75, 3.05) is 0 Å². The molecule has 2 aromatic carbocycles. The lowest BCUT2D eigenvalue weighted by Gasteiger charge is -2.09. The van der Waals surface area contributed by atoms with Gasteiger partial charge in [-0.2, -0.15) is 0 Å². The number of thioether (sulfide) groups is 1. The van der Waals surface area contributed by atoms with E-state index in [0.29, 0.717) is 17.9 Å². The van der Waals surface area contributed by atoms with Gasteiger partial charge in [0.15, 0.2) is 4.34 Å². The van der Waals surface area contributed by atoms with Crippen LogP contribution in [0.2, 0.25) is 0 Å². The van der Waals surface area contributed by atoms with Crippen LogP contribution in [0.1, 0.15) is 42.6 Å². The molecule has 2 amide bonds. The molecule has 7 heteroatoms. The van der Waals surface area contributed by atoms with Crippen LogP contribution in [0.25, 0.3) is 10.2 Å². The maximum absolute atomic E-state index is 12.1. The number of nitrogens with one attached hydrogen (secondary N) is 2. The lowest BCUT2D eigenvalue weighted by molar-refractivity contribution is -0.122. The van der Waals surface area contributed by atoms with E-state index in [1.165, 1.54) is 4.70 Å². The lowest BCUT2D eigenvalue weighted by Crippen LogP contribution is -2.41. The van der Waals surface area contributed by atoms with Gasteiger partial charge in [-0.1, -0.05) is 49.9 Å². The smallest absolute Gasteiger partial charge is 0.269 e. The minimum atomic E-state index is -0.316. The van der Waals surface area contributed by atoms with Crippen molar-refractivity contribution in [1.29, 1.82) is 0 Å². The molecular weight excluding hydrogens is 390 g/mol. The fourth-order valence-electron chi connectivity index (χ4n) is 2.49. The highest BCUT2D eigenvalue weighted by molar-refractivity contribution is 8.00. The van der Waals surface area contributed by atoms with Gasteiger partial charge in [0.2, 0.25) is 5.91 Å². The standard InChI is InChI=1S/C21H23N3O2S2/c1-14(2)7-12-19(25)23-24-20(26)16-10-8-15(9-11-16)13-27-21-22-17-5-3-4-6-18(17)28-21/h3-6,8-11,14H,7,12-13H2,1-2H3,(H,23,25)(H,24,26). The molecule has 5 nitrogen and oxygen atoms in total. The fourth-order valence-corrected chi connectivity index (χ4v) is 4.52. The SMILES string of the molecule is CC(C)CCC(=O)NNC(=O)c1ccc(CSc2nc3ccccc3s2)cc1. The van der Waals surface area contributed by atoms with Crippen molar-refractivity contribution in [2.24, 2.45) is 5.92 Å². The normalized spacial score (nSPS) is 11.0. The van der Waals surface area contributed by atoms with Gasteiger partial charge in [-0.3, -0.25) is 20.4 Å². The first-order valence-electron chi connectivity index (χ1n) is 9.18. The number of rotatable bonds is 7. The van der Waals surface area contributed by atoms with Crippen molar-refractivity contribution in [3.63, 3.8) is 0 Å². The number of aromatic nitrogens is 1. The predicted octanol–water partition coefficient (Wildman–Crippen LogP) is 4.79. The molecule has 0 radical (unpaired) electrons. The third-order valence-corrected chi connectivity index (χ3v) is 6.37. The van der Waals surface area contributed by atoms with E-state index in [-0.39, 0.29) is 11.8 Å². The Labute approximate surface area is 172 Å². The summed E-state index contributed by atoms with van der Waals surface area (Å²) in [6.07, 6.45) is 1.20. The van der Waals surface area contributed by atoms with Gasteiger partial charge in [-0.25, -0.2) is 4.98 Å². The van der Waals surface area contributed by atoms with Gasteiger partial charge in [0.05, 0.1) is 10.2 Å². The Hall–Kier alpha value is -2.38. The van der Waals surface area contributed by atoms with Crippen molar-refractivity contribution in [1.82, 2.24) is 15.8 Å². The molecule has 0 atom stereocenters. The van der Waals surface area contributed by atoms with E-state index >= 15 is 0 Å². The number of hydrogen-bond donors (Lipinski definition) is 2. The number of amides is 2. The number of carbonyl (C=O) groups is 2. The van der Waals surface area contributed by atoms with Crippen LogP contribution in [0.4, 0.5) is 0 Å². The Morgan fingerprint density at radius 2 is 1.82 bits per heavy atom. The first kappa shape index (κ1) is 20.4. The molecule has 0 aliphatic heterocycles. The Bertz CT molecular complexity index is 919.